The van der Waals surface area contributed by atoms with E-state index in [1.165, 1.54) is 0 Å². The zero-order valence-corrected chi connectivity index (χ0v) is 14.7. The number of nitrogens with zero attached hydrogens (tertiary/aromatic N) is 4. The van der Waals surface area contributed by atoms with Gasteiger partial charge in [-0.3, -0.25) is 9.48 Å². The summed E-state index contributed by atoms with van der Waals surface area (Å²) in [7, 11) is 0. The second kappa shape index (κ2) is 5.93. The lowest BCUT2D eigenvalue weighted by atomic mass is 10.1. The molecule has 26 heavy (non-hydrogen) atoms. The first-order valence-electron chi connectivity index (χ1n) is 9.32. The lowest BCUT2D eigenvalue weighted by Gasteiger charge is -2.07. The Morgan fingerprint density at radius 1 is 1.31 bits per heavy atom. The van der Waals surface area contributed by atoms with Gasteiger partial charge in [0.1, 0.15) is 0 Å². The molecule has 1 N–H and O–H groups in total. The highest BCUT2D eigenvalue weighted by Crippen LogP contribution is 2.45. The number of aromatic nitrogens is 4. The highest BCUT2D eigenvalue weighted by molar-refractivity contribution is 6.06. The number of rotatable bonds is 6. The van der Waals surface area contributed by atoms with Gasteiger partial charge in [0, 0.05) is 42.4 Å². The van der Waals surface area contributed by atoms with Crippen molar-refractivity contribution in [1.82, 2.24) is 25.2 Å². The molecule has 7 nitrogen and oxygen atoms in total. The summed E-state index contributed by atoms with van der Waals surface area (Å²) in [5.41, 5.74) is 3.96. The van der Waals surface area contributed by atoms with E-state index in [0.29, 0.717) is 29.7 Å². The molecule has 1 amide bonds. The highest BCUT2D eigenvalue weighted by atomic mass is 16.5. The van der Waals surface area contributed by atoms with Gasteiger partial charge < -0.3 is 9.84 Å². The van der Waals surface area contributed by atoms with Crippen LogP contribution in [0.5, 0.6) is 0 Å². The molecule has 134 valence electrons. The summed E-state index contributed by atoms with van der Waals surface area (Å²) in [6, 6.07) is 1.94. The molecule has 0 atom stereocenters. The van der Waals surface area contributed by atoms with E-state index >= 15 is 0 Å². The molecule has 0 aromatic carbocycles. The minimum Gasteiger partial charge on any atom is -0.348 e. The normalized spacial score (nSPS) is 17.0. The van der Waals surface area contributed by atoms with Gasteiger partial charge in [0.2, 0.25) is 0 Å². The molecule has 5 rings (SSSR count). The van der Waals surface area contributed by atoms with Crippen LogP contribution in [0.15, 0.2) is 23.0 Å². The summed E-state index contributed by atoms with van der Waals surface area (Å²) < 4.78 is 7.34. The maximum atomic E-state index is 13.0. The summed E-state index contributed by atoms with van der Waals surface area (Å²) >= 11 is 0. The van der Waals surface area contributed by atoms with E-state index in [2.05, 4.69) is 20.6 Å². The minimum absolute atomic E-state index is 0.103. The van der Waals surface area contributed by atoms with Crippen LogP contribution in [-0.2, 0) is 13.1 Å². The molecular formula is C19H21N5O2. The van der Waals surface area contributed by atoms with Gasteiger partial charge in [0.25, 0.3) is 11.6 Å². The summed E-state index contributed by atoms with van der Waals surface area (Å²) in [5, 5.41) is 12.3. The second-order valence-corrected chi connectivity index (χ2v) is 7.28. The molecule has 2 fully saturated rings. The summed E-state index contributed by atoms with van der Waals surface area (Å²) in [6.45, 7) is 3.30. The average Bonchev–Trinajstić information content (AvgIpc) is 3.59. The Hall–Kier alpha value is -2.70. The number of hydrogen-bond acceptors (Lipinski definition) is 5. The van der Waals surface area contributed by atoms with Crippen LogP contribution in [0.2, 0.25) is 0 Å². The number of carbonyl (C=O) groups excluding carboxylic acids is 1. The Morgan fingerprint density at radius 2 is 2.12 bits per heavy atom. The third-order valence-electron chi connectivity index (χ3n) is 5.16. The lowest BCUT2D eigenvalue weighted by molar-refractivity contribution is 0.0952. The molecule has 0 aliphatic heterocycles. The van der Waals surface area contributed by atoms with Gasteiger partial charge in [-0.2, -0.15) is 5.10 Å². The number of aryl methyl sites for hydroxylation is 1. The van der Waals surface area contributed by atoms with E-state index in [1.807, 2.05) is 23.9 Å². The average molecular weight is 351 g/mol. The highest BCUT2D eigenvalue weighted by Gasteiger charge is 2.34. The van der Waals surface area contributed by atoms with Crippen molar-refractivity contribution in [3.05, 3.63) is 41.0 Å². The van der Waals surface area contributed by atoms with Crippen LogP contribution in [0, 0.1) is 0 Å². The number of hydrogen-bond donors (Lipinski definition) is 1. The molecule has 2 saturated carbocycles. The van der Waals surface area contributed by atoms with Crippen molar-refractivity contribution in [3.8, 4) is 0 Å². The molecule has 0 bridgehead atoms. The monoisotopic (exact) mass is 351 g/mol. The molecule has 2 aliphatic rings. The molecule has 7 heteroatoms. The maximum Gasteiger partial charge on any atom is 0.259 e. The van der Waals surface area contributed by atoms with Gasteiger partial charge >= 0.3 is 0 Å². The van der Waals surface area contributed by atoms with Crippen LogP contribution in [0.4, 0.5) is 0 Å². The van der Waals surface area contributed by atoms with Crippen LogP contribution in [0.25, 0.3) is 11.1 Å². The largest absolute Gasteiger partial charge is 0.348 e. The third-order valence-corrected chi connectivity index (χ3v) is 5.16. The molecular weight excluding hydrogens is 330 g/mol. The number of pyridine rings is 1. The first-order chi connectivity index (χ1) is 12.7. The smallest absolute Gasteiger partial charge is 0.259 e. The molecule has 2 aliphatic carbocycles. The summed E-state index contributed by atoms with van der Waals surface area (Å²) in [4.78, 5) is 17.6. The fourth-order valence-electron chi connectivity index (χ4n) is 3.34. The van der Waals surface area contributed by atoms with Gasteiger partial charge in [-0.15, -0.1) is 0 Å². The van der Waals surface area contributed by atoms with Crippen LogP contribution in [0.1, 0.15) is 71.8 Å². The molecule has 0 radical (unpaired) electrons. The third kappa shape index (κ3) is 2.77. The predicted molar refractivity (Wildman–Crippen MR) is 94.8 cm³/mol. The van der Waals surface area contributed by atoms with Gasteiger partial charge in [0.15, 0.2) is 0 Å². The van der Waals surface area contributed by atoms with Crippen molar-refractivity contribution >= 4 is 17.0 Å². The SMILES string of the molecule is CCn1cc(CNC(=O)c2cc(C3CC3)nc3onc(C4CC4)c23)cn1. The van der Waals surface area contributed by atoms with Gasteiger partial charge in [-0.25, -0.2) is 4.98 Å². The minimum atomic E-state index is -0.103. The quantitative estimate of drug-likeness (QED) is 0.737. The standard InChI is InChI=1S/C19H21N5O2/c1-2-24-10-11(9-21-24)8-20-18(25)14-7-15(12-3-4-12)22-19-16(14)17(23-26-19)13-5-6-13/h7,9-10,12-13H,2-6,8H2,1H3,(H,20,25). The molecule has 3 aromatic heterocycles. The number of carbonyl (C=O) groups is 1. The molecule has 0 saturated heterocycles. The Balaban J connectivity index is 1.47. The van der Waals surface area contributed by atoms with Crippen LogP contribution in [-0.4, -0.2) is 25.8 Å². The lowest BCUT2D eigenvalue weighted by Crippen LogP contribution is -2.23. The molecule has 0 unspecified atom stereocenters. The molecule has 0 spiro atoms. The summed E-state index contributed by atoms with van der Waals surface area (Å²) in [5.74, 6) is 0.746. The first kappa shape index (κ1) is 15.5. The molecule has 3 heterocycles. The Kier molecular flexibility index (Phi) is 3.55. The van der Waals surface area contributed by atoms with Crippen LogP contribution in [0.3, 0.4) is 0 Å². The topological polar surface area (TPSA) is 85.8 Å². The zero-order chi connectivity index (χ0) is 17.7. The van der Waals surface area contributed by atoms with Crippen LogP contribution < -0.4 is 5.32 Å². The van der Waals surface area contributed by atoms with Crippen LogP contribution >= 0.6 is 0 Å². The second-order valence-electron chi connectivity index (χ2n) is 7.28. The van der Waals surface area contributed by atoms with Crippen molar-refractivity contribution in [3.63, 3.8) is 0 Å². The van der Waals surface area contributed by atoms with Crippen molar-refractivity contribution < 1.29 is 9.32 Å². The van der Waals surface area contributed by atoms with Crippen molar-refractivity contribution in [1.29, 1.82) is 0 Å². The fraction of sp³-hybridized carbons (Fsp3) is 0.474. The van der Waals surface area contributed by atoms with E-state index in [4.69, 9.17) is 4.52 Å². The number of amides is 1. The van der Waals surface area contributed by atoms with E-state index < -0.39 is 0 Å². The number of fused-ring (bicyclic) bond motifs is 1. The van der Waals surface area contributed by atoms with Crippen molar-refractivity contribution in [2.75, 3.05) is 0 Å². The van der Waals surface area contributed by atoms with Gasteiger partial charge in [-0.1, -0.05) is 5.16 Å². The van der Waals surface area contributed by atoms with Crippen molar-refractivity contribution in [2.45, 2.75) is 57.5 Å². The van der Waals surface area contributed by atoms with E-state index in [1.54, 1.807) is 6.20 Å². The van der Waals surface area contributed by atoms with Gasteiger partial charge in [-0.05, 0) is 38.7 Å². The molecule has 3 aromatic rings. The van der Waals surface area contributed by atoms with E-state index in [-0.39, 0.29) is 5.91 Å². The van der Waals surface area contributed by atoms with Crippen molar-refractivity contribution in [2.24, 2.45) is 0 Å². The first-order valence-corrected chi connectivity index (χ1v) is 9.32. The van der Waals surface area contributed by atoms with E-state index in [0.717, 1.165) is 54.6 Å². The predicted octanol–water partition coefficient (Wildman–Crippen LogP) is 3.12. The Labute approximate surface area is 150 Å². The fourth-order valence-corrected chi connectivity index (χ4v) is 3.34. The maximum absolute atomic E-state index is 13.0. The Bertz CT molecular complexity index is 981. The van der Waals surface area contributed by atoms with E-state index in [9.17, 15) is 4.79 Å². The number of nitrogens with one attached hydrogen (secondary N) is 1. The summed E-state index contributed by atoms with van der Waals surface area (Å²) in [6.07, 6.45) is 8.19. The Morgan fingerprint density at radius 3 is 2.81 bits per heavy atom. The van der Waals surface area contributed by atoms with Gasteiger partial charge in [0.05, 0.1) is 22.8 Å². The zero-order valence-electron chi connectivity index (χ0n) is 14.7.